The SMILES string of the molecule is O=C(O)CC1CCCCN1c1ncc(C(F)(F)F)cc1Cl. The van der Waals surface area contributed by atoms with Crippen LogP contribution in [0.3, 0.4) is 0 Å². The lowest BCUT2D eigenvalue weighted by atomic mass is 9.99. The van der Waals surface area contributed by atoms with E-state index in [1.54, 1.807) is 4.90 Å². The summed E-state index contributed by atoms with van der Waals surface area (Å²) in [4.78, 5) is 16.4. The molecule has 1 atom stereocenters. The van der Waals surface area contributed by atoms with Crippen LogP contribution in [0.5, 0.6) is 0 Å². The molecule has 116 valence electrons. The Hall–Kier alpha value is -1.50. The van der Waals surface area contributed by atoms with Gasteiger partial charge in [-0.15, -0.1) is 0 Å². The van der Waals surface area contributed by atoms with Crippen LogP contribution in [0, 0.1) is 0 Å². The van der Waals surface area contributed by atoms with Crippen molar-refractivity contribution in [2.45, 2.75) is 37.9 Å². The number of halogens is 4. The van der Waals surface area contributed by atoms with Crippen LogP contribution in [0.15, 0.2) is 12.3 Å². The summed E-state index contributed by atoms with van der Waals surface area (Å²) in [6.45, 7) is 0.538. The maximum Gasteiger partial charge on any atom is 0.417 e. The predicted octanol–water partition coefficient (Wildman–Crippen LogP) is 3.59. The zero-order valence-electron chi connectivity index (χ0n) is 11.0. The van der Waals surface area contributed by atoms with Crippen LogP contribution in [-0.4, -0.2) is 28.6 Å². The van der Waals surface area contributed by atoms with Crippen molar-refractivity contribution in [2.75, 3.05) is 11.4 Å². The van der Waals surface area contributed by atoms with Crippen LogP contribution in [0.4, 0.5) is 19.0 Å². The summed E-state index contributed by atoms with van der Waals surface area (Å²) in [5.41, 5.74) is -0.914. The molecular weight excluding hydrogens is 309 g/mol. The second-order valence-corrected chi connectivity index (χ2v) is 5.38. The molecule has 8 heteroatoms. The molecule has 0 bridgehead atoms. The van der Waals surface area contributed by atoms with Crippen molar-refractivity contribution in [2.24, 2.45) is 0 Å². The maximum absolute atomic E-state index is 12.6. The molecule has 0 saturated carbocycles. The van der Waals surface area contributed by atoms with E-state index >= 15 is 0 Å². The van der Waals surface area contributed by atoms with Crippen molar-refractivity contribution >= 4 is 23.4 Å². The average Bonchev–Trinajstić information content (AvgIpc) is 2.38. The molecular formula is C13H14ClF3N2O2. The second-order valence-electron chi connectivity index (χ2n) is 4.97. The second kappa shape index (κ2) is 6.09. The first-order valence-electron chi connectivity index (χ1n) is 6.50. The van der Waals surface area contributed by atoms with Crippen molar-refractivity contribution in [3.05, 3.63) is 22.8 Å². The topological polar surface area (TPSA) is 53.4 Å². The van der Waals surface area contributed by atoms with Crippen LogP contribution >= 0.6 is 11.6 Å². The third-order valence-electron chi connectivity index (χ3n) is 3.46. The van der Waals surface area contributed by atoms with Gasteiger partial charge < -0.3 is 10.0 Å². The minimum absolute atomic E-state index is 0.0843. The lowest BCUT2D eigenvalue weighted by Crippen LogP contribution is -2.41. The summed E-state index contributed by atoms with van der Waals surface area (Å²) >= 11 is 5.92. The number of pyridine rings is 1. The van der Waals surface area contributed by atoms with Crippen LogP contribution in [0.1, 0.15) is 31.2 Å². The summed E-state index contributed by atoms with van der Waals surface area (Å²) in [7, 11) is 0. The van der Waals surface area contributed by atoms with Gasteiger partial charge in [0.25, 0.3) is 0 Å². The van der Waals surface area contributed by atoms with Gasteiger partial charge in [0.1, 0.15) is 5.82 Å². The molecule has 21 heavy (non-hydrogen) atoms. The zero-order valence-corrected chi connectivity index (χ0v) is 11.8. The highest BCUT2D eigenvalue weighted by Gasteiger charge is 2.33. The van der Waals surface area contributed by atoms with E-state index in [2.05, 4.69) is 4.98 Å². The molecule has 0 aromatic carbocycles. The summed E-state index contributed by atoms with van der Waals surface area (Å²) < 4.78 is 37.8. The molecule has 1 saturated heterocycles. The molecule has 2 rings (SSSR count). The standard InChI is InChI=1S/C13H14ClF3N2O2/c14-10-5-8(13(15,16)17)7-18-12(10)19-4-2-1-3-9(19)6-11(20)21/h5,7,9H,1-4,6H2,(H,20,21). The lowest BCUT2D eigenvalue weighted by Gasteiger charge is -2.36. The van der Waals surface area contributed by atoms with Gasteiger partial charge in [0, 0.05) is 18.8 Å². The quantitative estimate of drug-likeness (QED) is 0.924. The van der Waals surface area contributed by atoms with E-state index in [0.29, 0.717) is 13.0 Å². The third-order valence-corrected chi connectivity index (χ3v) is 3.74. The minimum Gasteiger partial charge on any atom is -0.481 e. The monoisotopic (exact) mass is 322 g/mol. The number of carbonyl (C=O) groups is 1. The van der Waals surface area contributed by atoms with Crippen molar-refractivity contribution in [1.29, 1.82) is 0 Å². The molecule has 0 radical (unpaired) electrons. The molecule has 1 aromatic rings. The fourth-order valence-electron chi connectivity index (χ4n) is 2.49. The van der Waals surface area contributed by atoms with Gasteiger partial charge >= 0.3 is 12.1 Å². The largest absolute Gasteiger partial charge is 0.481 e. The molecule has 0 aliphatic carbocycles. The molecule has 4 nitrogen and oxygen atoms in total. The number of nitrogens with zero attached hydrogens (tertiary/aromatic N) is 2. The number of carboxylic acid groups (broad SMARTS) is 1. The summed E-state index contributed by atoms with van der Waals surface area (Å²) in [5.74, 6) is -0.731. The van der Waals surface area contributed by atoms with E-state index in [4.69, 9.17) is 16.7 Å². The van der Waals surface area contributed by atoms with Gasteiger partial charge in [-0.2, -0.15) is 13.2 Å². The first kappa shape index (κ1) is 15.9. The highest BCUT2D eigenvalue weighted by atomic mass is 35.5. The maximum atomic E-state index is 12.6. The van der Waals surface area contributed by atoms with Crippen LogP contribution in [0.2, 0.25) is 5.02 Å². The molecule has 1 fully saturated rings. The Morgan fingerprint density at radius 2 is 2.19 bits per heavy atom. The van der Waals surface area contributed by atoms with Gasteiger partial charge in [-0.3, -0.25) is 4.79 Å². The Bertz CT molecular complexity index is 537. The Balaban J connectivity index is 2.28. The van der Waals surface area contributed by atoms with E-state index in [1.807, 2.05) is 0 Å². The number of anilines is 1. The van der Waals surface area contributed by atoms with Gasteiger partial charge in [-0.1, -0.05) is 11.6 Å². The summed E-state index contributed by atoms with van der Waals surface area (Å²) in [6, 6.07) is 0.536. The smallest absolute Gasteiger partial charge is 0.417 e. The number of rotatable bonds is 3. The first-order chi connectivity index (χ1) is 9.79. The van der Waals surface area contributed by atoms with Gasteiger partial charge in [-0.25, -0.2) is 4.98 Å². The number of piperidine rings is 1. The van der Waals surface area contributed by atoms with E-state index in [1.165, 1.54) is 0 Å². The molecule has 1 N–H and O–H groups in total. The van der Waals surface area contributed by atoms with Gasteiger partial charge in [0.2, 0.25) is 0 Å². The molecule has 2 heterocycles. The Morgan fingerprint density at radius 3 is 2.76 bits per heavy atom. The number of aromatic nitrogens is 1. The number of hydrogen-bond acceptors (Lipinski definition) is 3. The summed E-state index contributed by atoms with van der Waals surface area (Å²) in [6.07, 6.45) is -1.49. The normalized spacial score (nSPS) is 19.6. The Morgan fingerprint density at radius 1 is 1.48 bits per heavy atom. The molecule has 1 aliphatic rings. The molecule has 0 amide bonds. The van der Waals surface area contributed by atoms with Crippen molar-refractivity contribution in [3.63, 3.8) is 0 Å². The molecule has 1 unspecified atom stereocenters. The molecule has 0 spiro atoms. The van der Waals surface area contributed by atoms with Gasteiger partial charge in [0.15, 0.2) is 0 Å². The van der Waals surface area contributed by atoms with E-state index < -0.39 is 17.7 Å². The van der Waals surface area contributed by atoms with Crippen LogP contribution < -0.4 is 4.90 Å². The minimum atomic E-state index is -4.50. The number of aliphatic carboxylic acids is 1. The van der Waals surface area contributed by atoms with Crippen LogP contribution in [0.25, 0.3) is 0 Å². The Labute approximate surface area is 124 Å². The zero-order chi connectivity index (χ0) is 15.6. The average molecular weight is 323 g/mol. The fraction of sp³-hybridized carbons (Fsp3) is 0.538. The highest BCUT2D eigenvalue weighted by Crippen LogP contribution is 2.35. The van der Waals surface area contributed by atoms with E-state index in [-0.39, 0.29) is 23.3 Å². The first-order valence-corrected chi connectivity index (χ1v) is 6.88. The number of carboxylic acids is 1. The van der Waals surface area contributed by atoms with Crippen molar-refractivity contribution in [3.8, 4) is 0 Å². The number of alkyl halides is 3. The van der Waals surface area contributed by atoms with Gasteiger partial charge in [-0.05, 0) is 25.3 Å². The van der Waals surface area contributed by atoms with Crippen molar-refractivity contribution in [1.82, 2.24) is 4.98 Å². The van der Waals surface area contributed by atoms with E-state index in [0.717, 1.165) is 25.1 Å². The third kappa shape index (κ3) is 3.78. The molecule has 1 aromatic heterocycles. The number of hydrogen-bond donors (Lipinski definition) is 1. The lowest BCUT2D eigenvalue weighted by molar-refractivity contribution is -0.138. The fourth-order valence-corrected chi connectivity index (χ4v) is 2.77. The molecule has 1 aliphatic heterocycles. The van der Waals surface area contributed by atoms with E-state index in [9.17, 15) is 18.0 Å². The Kier molecular flexibility index (Phi) is 4.61. The van der Waals surface area contributed by atoms with Gasteiger partial charge in [0.05, 0.1) is 17.0 Å². The highest BCUT2D eigenvalue weighted by molar-refractivity contribution is 6.33. The summed E-state index contributed by atoms with van der Waals surface area (Å²) in [5, 5.41) is 8.81. The van der Waals surface area contributed by atoms with Crippen molar-refractivity contribution < 1.29 is 23.1 Å². The predicted molar refractivity (Wildman–Crippen MR) is 71.5 cm³/mol. The van der Waals surface area contributed by atoms with Crippen LogP contribution in [-0.2, 0) is 11.0 Å².